The summed E-state index contributed by atoms with van der Waals surface area (Å²) in [5.74, 6) is -0.0819. The van der Waals surface area contributed by atoms with Gasteiger partial charge in [0, 0.05) is 24.8 Å². The zero-order valence-electron chi connectivity index (χ0n) is 16.4. The number of likely N-dealkylation sites (tertiary alicyclic amines) is 1. The molecule has 1 saturated carbocycles. The van der Waals surface area contributed by atoms with Gasteiger partial charge in [-0.15, -0.1) is 0 Å². The van der Waals surface area contributed by atoms with Crippen LogP contribution in [0.5, 0.6) is 0 Å². The van der Waals surface area contributed by atoms with Gasteiger partial charge in [0.25, 0.3) is 21.8 Å². The summed E-state index contributed by atoms with van der Waals surface area (Å²) < 4.78 is 32.4. The highest BCUT2D eigenvalue weighted by Gasteiger charge is 2.45. The second-order valence-electron chi connectivity index (χ2n) is 8.61. The van der Waals surface area contributed by atoms with E-state index >= 15 is 0 Å². The van der Waals surface area contributed by atoms with Gasteiger partial charge in [-0.25, -0.2) is 12.7 Å². The molecule has 3 aliphatic heterocycles. The van der Waals surface area contributed by atoms with Crippen LogP contribution in [-0.2, 0) is 14.8 Å². The van der Waals surface area contributed by atoms with E-state index in [4.69, 9.17) is 4.74 Å². The van der Waals surface area contributed by atoms with Gasteiger partial charge in [0.2, 0.25) is 0 Å². The first-order valence-electron chi connectivity index (χ1n) is 10.6. The van der Waals surface area contributed by atoms with Gasteiger partial charge in [0.15, 0.2) is 0 Å². The molecule has 3 heterocycles. The van der Waals surface area contributed by atoms with E-state index in [0.717, 1.165) is 36.5 Å². The molecule has 7 nitrogen and oxygen atoms in total. The molecule has 0 N–H and O–H groups in total. The van der Waals surface area contributed by atoms with Crippen molar-refractivity contribution in [1.82, 2.24) is 9.21 Å². The highest BCUT2D eigenvalue weighted by atomic mass is 32.2. The standard InChI is InChI=1S/C21H26N2O5S/c24-20(22-12-15-5-2-1-3-7-18(15)22)14-8-9-17-19(11-14)29(26,27)23(21(17)25)13-16-6-4-10-28-16/h8-9,11,15-16,18H,1-7,10,12-13H2. The highest BCUT2D eigenvalue weighted by Crippen LogP contribution is 2.38. The molecular weight excluding hydrogens is 392 g/mol. The van der Waals surface area contributed by atoms with Crippen molar-refractivity contribution in [1.29, 1.82) is 0 Å². The summed E-state index contributed by atoms with van der Waals surface area (Å²) in [6.07, 6.45) is 7.13. The van der Waals surface area contributed by atoms with Gasteiger partial charge in [-0.2, -0.15) is 0 Å². The van der Waals surface area contributed by atoms with Gasteiger partial charge < -0.3 is 9.64 Å². The molecule has 3 unspecified atom stereocenters. The fourth-order valence-electron chi connectivity index (χ4n) is 5.20. The van der Waals surface area contributed by atoms with Crippen molar-refractivity contribution in [3.63, 3.8) is 0 Å². The Morgan fingerprint density at radius 1 is 1.10 bits per heavy atom. The van der Waals surface area contributed by atoms with E-state index < -0.39 is 15.9 Å². The van der Waals surface area contributed by atoms with Gasteiger partial charge in [0.05, 0.1) is 18.2 Å². The maximum Gasteiger partial charge on any atom is 0.269 e. The van der Waals surface area contributed by atoms with Crippen molar-refractivity contribution >= 4 is 21.8 Å². The number of benzene rings is 1. The van der Waals surface area contributed by atoms with Crippen LogP contribution in [0, 0.1) is 5.92 Å². The molecule has 3 atom stereocenters. The molecule has 2 amide bonds. The molecule has 0 spiro atoms. The summed E-state index contributed by atoms with van der Waals surface area (Å²) in [7, 11) is -3.95. The minimum Gasteiger partial charge on any atom is -0.376 e. The summed E-state index contributed by atoms with van der Waals surface area (Å²) in [5, 5.41) is 0. The molecule has 0 aromatic heterocycles. The third-order valence-electron chi connectivity index (χ3n) is 6.86. The van der Waals surface area contributed by atoms with Crippen LogP contribution < -0.4 is 0 Å². The van der Waals surface area contributed by atoms with Crippen molar-refractivity contribution in [2.75, 3.05) is 19.7 Å². The largest absolute Gasteiger partial charge is 0.376 e. The molecule has 0 radical (unpaired) electrons. The summed E-state index contributed by atoms with van der Waals surface area (Å²) in [4.78, 5) is 27.6. The number of fused-ring (bicyclic) bond motifs is 2. The number of amides is 2. The average Bonchev–Trinajstić information content (AvgIpc) is 3.21. The second kappa shape index (κ2) is 7.09. The van der Waals surface area contributed by atoms with Gasteiger partial charge in [0.1, 0.15) is 4.90 Å². The fourth-order valence-corrected chi connectivity index (χ4v) is 6.83. The number of nitrogens with zero attached hydrogens (tertiary/aromatic N) is 2. The van der Waals surface area contributed by atoms with Gasteiger partial charge in [-0.05, 0) is 49.8 Å². The Labute approximate surface area is 171 Å². The summed E-state index contributed by atoms with van der Waals surface area (Å²) in [5.41, 5.74) is 0.497. The first-order valence-corrected chi connectivity index (χ1v) is 12.0. The molecule has 4 aliphatic rings. The van der Waals surface area contributed by atoms with Crippen molar-refractivity contribution in [3.05, 3.63) is 29.3 Å². The quantitative estimate of drug-likeness (QED) is 0.753. The SMILES string of the molecule is O=C(c1ccc2c(c1)S(=O)(=O)N(CC1CCCO1)C2=O)N1CC2CCCCCC21. The molecule has 8 heteroatoms. The van der Waals surface area contributed by atoms with Gasteiger partial charge in [-0.3, -0.25) is 9.59 Å². The first-order chi connectivity index (χ1) is 14.0. The van der Waals surface area contributed by atoms with Crippen LogP contribution in [0.2, 0.25) is 0 Å². The van der Waals surface area contributed by atoms with E-state index in [9.17, 15) is 18.0 Å². The van der Waals surface area contributed by atoms with Crippen LogP contribution in [0.1, 0.15) is 65.7 Å². The van der Waals surface area contributed by atoms with Crippen LogP contribution in [0.25, 0.3) is 0 Å². The van der Waals surface area contributed by atoms with Gasteiger partial charge >= 0.3 is 0 Å². The highest BCUT2D eigenvalue weighted by molar-refractivity contribution is 7.90. The van der Waals surface area contributed by atoms with Crippen molar-refractivity contribution in [2.45, 2.75) is 62.0 Å². The maximum atomic E-state index is 13.1. The minimum absolute atomic E-state index is 0.0367. The number of carbonyl (C=O) groups is 2. The number of sulfonamides is 1. The molecule has 1 aromatic carbocycles. The Bertz CT molecular complexity index is 954. The molecule has 3 fully saturated rings. The smallest absolute Gasteiger partial charge is 0.269 e. The lowest BCUT2D eigenvalue weighted by Crippen LogP contribution is -2.58. The van der Waals surface area contributed by atoms with Crippen molar-refractivity contribution in [3.8, 4) is 0 Å². The normalized spacial score (nSPS) is 30.5. The lowest BCUT2D eigenvalue weighted by molar-refractivity contribution is 0.0122. The molecule has 156 valence electrons. The monoisotopic (exact) mass is 418 g/mol. The van der Waals surface area contributed by atoms with E-state index in [1.54, 1.807) is 6.07 Å². The number of ether oxygens (including phenoxy) is 1. The third kappa shape index (κ3) is 3.08. The first kappa shape index (κ1) is 19.1. The summed E-state index contributed by atoms with van der Waals surface area (Å²) in [6.45, 7) is 1.38. The van der Waals surface area contributed by atoms with Crippen LogP contribution in [0.4, 0.5) is 0 Å². The average molecular weight is 419 g/mol. The third-order valence-corrected chi connectivity index (χ3v) is 8.65. The van der Waals surface area contributed by atoms with E-state index in [2.05, 4.69) is 0 Å². The molecule has 1 aromatic rings. The van der Waals surface area contributed by atoms with Crippen LogP contribution >= 0.6 is 0 Å². The summed E-state index contributed by atoms with van der Waals surface area (Å²) >= 11 is 0. The van der Waals surface area contributed by atoms with E-state index in [1.165, 1.54) is 31.4 Å². The zero-order chi connectivity index (χ0) is 20.2. The van der Waals surface area contributed by atoms with Crippen molar-refractivity contribution in [2.24, 2.45) is 5.92 Å². The number of hydrogen-bond acceptors (Lipinski definition) is 5. The van der Waals surface area contributed by atoms with Crippen LogP contribution in [0.3, 0.4) is 0 Å². The van der Waals surface area contributed by atoms with Gasteiger partial charge in [-0.1, -0.05) is 19.3 Å². The molecule has 0 bridgehead atoms. The lowest BCUT2D eigenvalue weighted by atomic mass is 9.84. The second-order valence-corrected chi connectivity index (χ2v) is 10.4. The van der Waals surface area contributed by atoms with Crippen LogP contribution in [-0.4, -0.2) is 61.3 Å². The zero-order valence-corrected chi connectivity index (χ0v) is 17.2. The predicted molar refractivity (Wildman–Crippen MR) is 105 cm³/mol. The van der Waals surface area contributed by atoms with Crippen molar-refractivity contribution < 1.29 is 22.7 Å². The summed E-state index contributed by atoms with van der Waals surface area (Å²) in [6, 6.07) is 4.74. The topological polar surface area (TPSA) is 84.0 Å². The Balaban J connectivity index is 1.39. The molecule has 29 heavy (non-hydrogen) atoms. The van der Waals surface area contributed by atoms with Crippen LogP contribution in [0.15, 0.2) is 23.1 Å². The fraction of sp³-hybridized carbons (Fsp3) is 0.619. The Hall–Kier alpha value is -1.93. The van der Waals surface area contributed by atoms with E-state index in [1.807, 2.05) is 4.90 Å². The number of rotatable bonds is 3. The van der Waals surface area contributed by atoms with E-state index in [0.29, 0.717) is 18.1 Å². The maximum absolute atomic E-state index is 13.1. The Kier molecular flexibility index (Phi) is 4.66. The molecular formula is C21H26N2O5S. The minimum atomic E-state index is -3.95. The predicted octanol–water partition coefficient (Wildman–Crippen LogP) is 2.41. The molecule has 2 saturated heterocycles. The molecule has 1 aliphatic carbocycles. The Morgan fingerprint density at radius 3 is 2.72 bits per heavy atom. The van der Waals surface area contributed by atoms with E-state index in [-0.39, 0.29) is 35.1 Å². The lowest BCUT2D eigenvalue weighted by Gasteiger charge is -2.48. The number of hydrogen-bond donors (Lipinski definition) is 0. The Morgan fingerprint density at radius 2 is 1.93 bits per heavy atom. The number of carbonyl (C=O) groups excluding carboxylic acids is 2. The molecule has 5 rings (SSSR count).